The molecule has 0 atom stereocenters. The van der Waals surface area contributed by atoms with Gasteiger partial charge >= 0.3 is 6.03 Å². The summed E-state index contributed by atoms with van der Waals surface area (Å²) in [5, 5.41) is 7.38. The molecule has 0 fully saturated rings. The molecule has 0 bridgehead atoms. The second-order valence-electron chi connectivity index (χ2n) is 5.96. The number of amides is 2. The topological polar surface area (TPSA) is 68.2 Å². The molecule has 0 unspecified atom stereocenters. The van der Waals surface area contributed by atoms with E-state index in [4.69, 9.17) is 4.84 Å². The quantitative estimate of drug-likeness (QED) is 0.669. The van der Waals surface area contributed by atoms with Gasteiger partial charge in [0.1, 0.15) is 0 Å². The van der Waals surface area contributed by atoms with Gasteiger partial charge in [0.2, 0.25) is 0 Å². The molecule has 0 radical (unpaired) electrons. The number of nitrogens with zero attached hydrogens (tertiary/aromatic N) is 2. The number of hydrogen-bond donors (Lipinski definition) is 2. The smallest absolute Gasteiger partial charge is 0.332 e. The highest BCUT2D eigenvalue weighted by molar-refractivity contribution is 5.72. The molecule has 6 nitrogen and oxygen atoms in total. The fourth-order valence-electron chi connectivity index (χ4n) is 2.72. The number of rotatable bonds is 6. The van der Waals surface area contributed by atoms with Crippen LogP contribution in [0.5, 0.6) is 0 Å². The number of carbonyl (C=O) groups excluding carboxylic acids is 1. The van der Waals surface area contributed by atoms with Crippen LogP contribution in [0, 0.1) is 13.8 Å². The van der Waals surface area contributed by atoms with Crippen LogP contribution in [0.2, 0.25) is 0 Å². The Morgan fingerprint density at radius 2 is 1.69 bits per heavy atom. The van der Waals surface area contributed by atoms with Crippen LogP contribution in [0.3, 0.4) is 0 Å². The average Bonchev–Trinajstić information content (AvgIpc) is 2.95. The molecule has 3 aromatic rings. The van der Waals surface area contributed by atoms with Crippen molar-refractivity contribution in [2.75, 3.05) is 0 Å². The summed E-state index contributed by atoms with van der Waals surface area (Å²) in [5.41, 5.74) is 7.26. The van der Waals surface area contributed by atoms with E-state index >= 15 is 0 Å². The maximum absolute atomic E-state index is 11.9. The Balaban J connectivity index is 1.54. The second kappa shape index (κ2) is 8.31. The van der Waals surface area contributed by atoms with Gasteiger partial charge in [0.05, 0.1) is 18.0 Å². The van der Waals surface area contributed by atoms with Gasteiger partial charge in [0.15, 0.2) is 0 Å². The third-order valence-corrected chi connectivity index (χ3v) is 4.11. The summed E-state index contributed by atoms with van der Waals surface area (Å²) >= 11 is 0. The summed E-state index contributed by atoms with van der Waals surface area (Å²) < 4.78 is 1.89. The number of aromatic nitrogens is 2. The Morgan fingerprint density at radius 1 is 1.04 bits per heavy atom. The van der Waals surface area contributed by atoms with E-state index in [-0.39, 0.29) is 6.03 Å². The van der Waals surface area contributed by atoms with Crippen molar-refractivity contribution in [1.29, 1.82) is 0 Å². The number of para-hydroxylation sites is 1. The van der Waals surface area contributed by atoms with Crippen molar-refractivity contribution >= 4 is 6.03 Å². The van der Waals surface area contributed by atoms with Crippen molar-refractivity contribution < 1.29 is 9.63 Å². The Hall–Kier alpha value is -3.12. The van der Waals surface area contributed by atoms with Gasteiger partial charge in [-0.15, -0.1) is 0 Å². The Bertz CT molecular complexity index is 860. The first-order valence-electron chi connectivity index (χ1n) is 8.45. The molecule has 0 aliphatic carbocycles. The van der Waals surface area contributed by atoms with Crippen LogP contribution in [0.25, 0.3) is 5.69 Å². The summed E-state index contributed by atoms with van der Waals surface area (Å²) in [4.78, 5) is 17.2. The van der Waals surface area contributed by atoms with Gasteiger partial charge in [-0.25, -0.2) is 15.0 Å². The molecule has 0 aliphatic heterocycles. The molecule has 6 heteroatoms. The predicted octanol–water partition coefficient (Wildman–Crippen LogP) is 3.42. The van der Waals surface area contributed by atoms with E-state index in [1.165, 1.54) is 0 Å². The Labute approximate surface area is 152 Å². The fraction of sp³-hybridized carbons (Fsp3) is 0.200. The molecule has 26 heavy (non-hydrogen) atoms. The van der Waals surface area contributed by atoms with E-state index in [2.05, 4.69) is 15.9 Å². The molecular formula is C20H22N4O2. The summed E-state index contributed by atoms with van der Waals surface area (Å²) in [7, 11) is 0. The van der Waals surface area contributed by atoms with Gasteiger partial charge in [-0.1, -0.05) is 48.5 Å². The first kappa shape index (κ1) is 17.7. The normalized spacial score (nSPS) is 10.5. The second-order valence-corrected chi connectivity index (χ2v) is 5.96. The molecule has 134 valence electrons. The molecular weight excluding hydrogens is 328 g/mol. The number of nitrogens with one attached hydrogen (secondary N) is 2. The molecule has 1 heterocycles. The third kappa shape index (κ3) is 4.29. The number of urea groups is 1. The van der Waals surface area contributed by atoms with Crippen LogP contribution in [0.15, 0.2) is 60.7 Å². The monoisotopic (exact) mass is 350 g/mol. The van der Waals surface area contributed by atoms with E-state index in [1.807, 2.05) is 79.2 Å². The lowest BCUT2D eigenvalue weighted by atomic mass is 10.2. The highest BCUT2D eigenvalue weighted by atomic mass is 16.7. The van der Waals surface area contributed by atoms with E-state index in [0.717, 1.165) is 28.2 Å². The molecule has 0 saturated carbocycles. The minimum atomic E-state index is -0.382. The van der Waals surface area contributed by atoms with E-state index in [0.29, 0.717) is 13.2 Å². The lowest BCUT2D eigenvalue weighted by molar-refractivity contribution is 0.0489. The summed E-state index contributed by atoms with van der Waals surface area (Å²) in [6.07, 6.45) is 0. The maximum atomic E-state index is 11.9. The zero-order chi connectivity index (χ0) is 18.4. The summed E-state index contributed by atoms with van der Waals surface area (Å²) in [6.45, 7) is 4.63. The Kier molecular flexibility index (Phi) is 5.66. The van der Waals surface area contributed by atoms with Gasteiger partial charge in [0.25, 0.3) is 0 Å². The van der Waals surface area contributed by atoms with Crippen LogP contribution >= 0.6 is 0 Å². The lowest BCUT2D eigenvalue weighted by Crippen LogP contribution is -2.35. The first-order chi connectivity index (χ1) is 12.6. The third-order valence-electron chi connectivity index (χ3n) is 4.11. The van der Waals surface area contributed by atoms with Crippen molar-refractivity contribution in [2.24, 2.45) is 0 Å². The molecule has 0 spiro atoms. The van der Waals surface area contributed by atoms with Crippen LogP contribution in [0.1, 0.15) is 22.5 Å². The zero-order valence-corrected chi connectivity index (χ0v) is 14.9. The van der Waals surface area contributed by atoms with Crippen molar-refractivity contribution in [1.82, 2.24) is 20.6 Å². The Morgan fingerprint density at radius 3 is 2.38 bits per heavy atom. The largest absolute Gasteiger partial charge is 0.338 e. The lowest BCUT2D eigenvalue weighted by Gasteiger charge is -2.09. The highest BCUT2D eigenvalue weighted by Gasteiger charge is 2.13. The molecule has 1 aromatic heterocycles. The molecule has 0 aliphatic rings. The molecule has 2 aromatic carbocycles. The van der Waals surface area contributed by atoms with Crippen LogP contribution in [-0.4, -0.2) is 15.8 Å². The summed E-state index contributed by atoms with van der Waals surface area (Å²) in [5.74, 6) is 0. The van der Waals surface area contributed by atoms with E-state index < -0.39 is 0 Å². The van der Waals surface area contributed by atoms with Crippen molar-refractivity contribution in [3.63, 3.8) is 0 Å². The van der Waals surface area contributed by atoms with E-state index in [1.54, 1.807) is 0 Å². The van der Waals surface area contributed by atoms with Crippen molar-refractivity contribution in [3.8, 4) is 5.69 Å². The SMILES string of the molecule is Cc1nn(-c2ccccc2)c(C)c1CNC(=O)NOCc1ccccc1. The van der Waals surface area contributed by atoms with Crippen LogP contribution in [0.4, 0.5) is 4.79 Å². The zero-order valence-electron chi connectivity index (χ0n) is 14.9. The van der Waals surface area contributed by atoms with Gasteiger partial charge in [-0.3, -0.25) is 4.84 Å². The number of aryl methyl sites for hydroxylation is 1. The van der Waals surface area contributed by atoms with Crippen LogP contribution in [-0.2, 0) is 18.0 Å². The molecule has 2 N–H and O–H groups in total. The van der Waals surface area contributed by atoms with Crippen molar-refractivity contribution in [2.45, 2.75) is 27.0 Å². The van der Waals surface area contributed by atoms with Gasteiger partial charge in [-0.05, 0) is 31.5 Å². The van der Waals surface area contributed by atoms with Gasteiger partial charge in [0, 0.05) is 17.8 Å². The number of hydrogen-bond acceptors (Lipinski definition) is 3. The number of benzene rings is 2. The van der Waals surface area contributed by atoms with Crippen molar-refractivity contribution in [3.05, 3.63) is 83.2 Å². The molecule has 2 amide bonds. The number of hydroxylamine groups is 1. The van der Waals surface area contributed by atoms with Crippen LogP contribution < -0.4 is 10.8 Å². The first-order valence-corrected chi connectivity index (χ1v) is 8.45. The molecule has 3 rings (SSSR count). The average molecular weight is 350 g/mol. The van der Waals surface area contributed by atoms with Gasteiger partial charge < -0.3 is 5.32 Å². The highest BCUT2D eigenvalue weighted by Crippen LogP contribution is 2.17. The van der Waals surface area contributed by atoms with E-state index in [9.17, 15) is 4.79 Å². The fourth-order valence-corrected chi connectivity index (χ4v) is 2.72. The minimum Gasteiger partial charge on any atom is -0.332 e. The number of carbonyl (C=O) groups is 1. The predicted molar refractivity (Wildman–Crippen MR) is 99.6 cm³/mol. The van der Waals surface area contributed by atoms with Gasteiger partial charge in [-0.2, -0.15) is 5.10 Å². The maximum Gasteiger partial charge on any atom is 0.338 e. The summed E-state index contributed by atoms with van der Waals surface area (Å²) in [6, 6.07) is 19.2. The standard InChI is InChI=1S/C20H22N4O2/c1-15-19(16(2)24(22-15)18-11-7-4-8-12-18)13-21-20(25)23-26-14-17-9-5-3-6-10-17/h3-12H,13-14H2,1-2H3,(H2,21,23,25). The minimum absolute atomic E-state index is 0.318. The molecule has 0 saturated heterocycles.